The molecule has 0 aliphatic carbocycles. The number of nitrogens with one attached hydrogen (secondary N) is 1. The van der Waals surface area contributed by atoms with Gasteiger partial charge in [0.15, 0.2) is 0 Å². The highest BCUT2D eigenvalue weighted by molar-refractivity contribution is 5.91. The van der Waals surface area contributed by atoms with Crippen molar-refractivity contribution in [1.82, 2.24) is 15.1 Å². The van der Waals surface area contributed by atoms with E-state index in [1.165, 1.54) is 0 Å². The minimum Gasteiger partial charge on any atom is -0.489 e. The van der Waals surface area contributed by atoms with Gasteiger partial charge in [-0.25, -0.2) is 0 Å². The summed E-state index contributed by atoms with van der Waals surface area (Å²) < 4.78 is 11.1. The van der Waals surface area contributed by atoms with Crippen molar-refractivity contribution in [2.75, 3.05) is 5.32 Å². The SMILES string of the molecule is N#CCc1ccc(OCc2ccccc2NC(=O)CCc2nc(-c3ccncc3)no2)cc1. The first kappa shape index (κ1) is 21.7. The van der Waals surface area contributed by atoms with E-state index in [1.807, 2.05) is 48.5 Å². The van der Waals surface area contributed by atoms with Gasteiger partial charge < -0.3 is 14.6 Å². The van der Waals surface area contributed by atoms with Gasteiger partial charge in [-0.3, -0.25) is 9.78 Å². The second-order valence-electron chi connectivity index (χ2n) is 7.22. The molecule has 8 nitrogen and oxygen atoms in total. The van der Waals surface area contributed by atoms with Crippen LogP contribution in [0.2, 0.25) is 0 Å². The minimum absolute atomic E-state index is 0.160. The van der Waals surface area contributed by atoms with Gasteiger partial charge >= 0.3 is 0 Å². The van der Waals surface area contributed by atoms with Gasteiger partial charge in [-0.15, -0.1) is 0 Å². The lowest BCUT2D eigenvalue weighted by Gasteiger charge is -2.12. The van der Waals surface area contributed by atoms with E-state index in [9.17, 15) is 4.79 Å². The lowest BCUT2D eigenvalue weighted by atomic mass is 10.1. The highest BCUT2D eigenvalue weighted by Gasteiger charge is 2.12. The van der Waals surface area contributed by atoms with Crippen LogP contribution in [0.15, 0.2) is 77.6 Å². The summed E-state index contributed by atoms with van der Waals surface area (Å²) in [6, 6.07) is 20.6. The number of ether oxygens (including phenoxy) is 1. The molecule has 0 saturated heterocycles. The predicted molar refractivity (Wildman–Crippen MR) is 121 cm³/mol. The van der Waals surface area contributed by atoms with Crippen LogP contribution in [0.3, 0.4) is 0 Å². The number of aryl methyl sites for hydroxylation is 1. The summed E-state index contributed by atoms with van der Waals surface area (Å²) in [6.45, 7) is 0.299. The number of nitrogens with zero attached hydrogens (tertiary/aromatic N) is 4. The van der Waals surface area contributed by atoms with E-state index in [1.54, 1.807) is 24.5 Å². The molecule has 0 spiro atoms. The van der Waals surface area contributed by atoms with E-state index in [4.69, 9.17) is 14.5 Å². The Kier molecular flexibility index (Phi) is 7.03. The van der Waals surface area contributed by atoms with Gasteiger partial charge in [0.05, 0.1) is 12.5 Å². The molecule has 1 amide bonds. The highest BCUT2D eigenvalue weighted by Crippen LogP contribution is 2.20. The number of rotatable bonds is 9. The Bertz CT molecular complexity index is 1250. The van der Waals surface area contributed by atoms with Crippen molar-refractivity contribution in [3.63, 3.8) is 0 Å². The Labute approximate surface area is 190 Å². The molecule has 164 valence electrons. The number of aromatic nitrogens is 3. The molecule has 0 aliphatic rings. The first-order valence-electron chi connectivity index (χ1n) is 10.4. The molecule has 0 bridgehead atoms. The quantitative estimate of drug-likeness (QED) is 0.412. The van der Waals surface area contributed by atoms with Crippen LogP contribution in [0.4, 0.5) is 5.69 Å². The van der Waals surface area contributed by atoms with Crippen molar-refractivity contribution in [1.29, 1.82) is 5.26 Å². The molecule has 0 atom stereocenters. The van der Waals surface area contributed by atoms with Crippen molar-refractivity contribution < 1.29 is 14.1 Å². The number of anilines is 1. The summed E-state index contributed by atoms with van der Waals surface area (Å²) in [6.07, 6.45) is 4.21. The van der Waals surface area contributed by atoms with Crippen molar-refractivity contribution in [3.05, 3.63) is 90.1 Å². The number of hydrogen-bond acceptors (Lipinski definition) is 7. The monoisotopic (exact) mass is 439 g/mol. The summed E-state index contributed by atoms with van der Waals surface area (Å²) in [5.74, 6) is 1.40. The van der Waals surface area contributed by atoms with E-state index in [0.29, 0.717) is 42.6 Å². The second-order valence-corrected chi connectivity index (χ2v) is 7.22. The third kappa shape index (κ3) is 6.02. The van der Waals surface area contributed by atoms with Crippen LogP contribution >= 0.6 is 0 Å². The molecule has 0 saturated carbocycles. The van der Waals surface area contributed by atoms with Gasteiger partial charge in [0.2, 0.25) is 17.6 Å². The van der Waals surface area contributed by atoms with Crippen LogP contribution < -0.4 is 10.1 Å². The number of nitriles is 1. The fraction of sp³-hybridized carbons (Fsp3) is 0.160. The van der Waals surface area contributed by atoms with Crippen LogP contribution in [-0.4, -0.2) is 21.0 Å². The number of carbonyl (C=O) groups excluding carboxylic acids is 1. The topological polar surface area (TPSA) is 114 Å². The molecule has 0 fully saturated rings. The number of para-hydroxylation sites is 1. The Balaban J connectivity index is 1.31. The van der Waals surface area contributed by atoms with Crippen LogP contribution in [0, 0.1) is 11.3 Å². The molecule has 0 unspecified atom stereocenters. The fourth-order valence-electron chi connectivity index (χ4n) is 3.13. The standard InChI is InChI=1S/C25H21N5O3/c26-14-11-18-5-7-21(8-6-18)32-17-20-3-1-2-4-22(20)28-23(31)9-10-24-29-25(30-33-24)19-12-15-27-16-13-19/h1-8,12-13,15-16H,9-11,17H2,(H,28,31). The summed E-state index contributed by atoms with van der Waals surface area (Å²) >= 11 is 0. The smallest absolute Gasteiger partial charge is 0.227 e. The molecular formula is C25H21N5O3. The van der Waals surface area contributed by atoms with Gasteiger partial charge in [-0.05, 0) is 35.9 Å². The lowest BCUT2D eigenvalue weighted by molar-refractivity contribution is -0.116. The Morgan fingerprint density at radius 1 is 1.06 bits per heavy atom. The van der Waals surface area contributed by atoms with E-state index in [-0.39, 0.29) is 12.3 Å². The van der Waals surface area contributed by atoms with Crippen LogP contribution in [0.5, 0.6) is 5.75 Å². The van der Waals surface area contributed by atoms with Crippen LogP contribution in [0.25, 0.3) is 11.4 Å². The second kappa shape index (κ2) is 10.7. The zero-order valence-corrected chi connectivity index (χ0v) is 17.8. The van der Waals surface area contributed by atoms with E-state index in [0.717, 1.165) is 16.7 Å². The van der Waals surface area contributed by atoms with Crippen molar-refractivity contribution in [2.45, 2.75) is 25.9 Å². The van der Waals surface area contributed by atoms with Gasteiger partial charge in [-0.1, -0.05) is 35.5 Å². The average Bonchev–Trinajstić information content (AvgIpc) is 3.33. The van der Waals surface area contributed by atoms with Gasteiger partial charge in [-0.2, -0.15) is 10.2 Å². The Morgan fingerprint density at radius 3 is 2.64 bits per heavy atom. The summed E-state index contributed by atoms with van der Waals surface area (Å²) in [4.78, 5) is 20.8. The number of carbonyl (C=O) groups is 1. The normalized spacial score (nSPS) is 10.4. The molecule has 2 aromatic heterocycles. The number of hydrogen-bond donors (Lipinski definition) is 1. The third-order valence-electron chi connectivity index (χ3n) is 4.86. The molecule has 33 heavy (non-hydrogen) atoms. The molecule has 2 heterocycles. The van der Waals surface area contributed by atoms with Gasteiger partial charge in [0.25, 0.3) is 0 Å². The zero-order chi connectivity index (χ0) is 22.9. The molecule has 4 rings (SSSR count). The van der Waals surface area contributed by atoms with Gasteiger partial charge in [0, 0.05) is 42.0 Å². The average molecular weight is 439 g/mol. The zero-order valence-electron chi connectivity index (χ0n) is 17.8. The Morgan fingerprint density at radius 2 is 1.85 bits per heavy atom. The van der Waals surface area contributed by atoms with Crippen molar-refractivity contribution in [3.8, 4) is 23.2 Å². The van der Waals surface area contributed by atoms with E-state index in [2.05, 4.69) is 26.5 Å². The number of benzene rings is 2. The first-order valence-corrected chi connectivity index (χ1v) is 10.4. The van der Waals surface area contributed by atoms with Crippen LogP contribution in [0.1, 0.15) is 23.4 Å². The third-order valence-corrected chi connectivity index (χ3v) is 4.86. The predicted octanol–water partition coefficient (Wildman–Crippen LogP) is 4.35. The maximum Gasteiger partial charge on any atom is 0.227 e. The molecule has 1 N–H and O–H groups in total. The summed E-state index contributed by atoms with van der Waals surface area (Å²) in [7, 11) is 0. The Hall–Kier alpha value is -4.51. The lowest BCUT2D eigenvalue weighted by Crippen LogP contribution is -2.14. The molecule has 4 aromatic rings. The van der Waals surface area contributed by atoms with Gasteiger partial charge in [0.1, 0.15) is 12.4 Å². The van der Waals surface area contributed by atoms with Crippen molar-refractivity contribution >= 4 is 11.6 Å². The van der Waals surface area contributed by atoms with Crippen LogP contribution in [-0.2, 0) is 24.2 Å². The first-order chi connectivity index (χ1) is 16.2. The largest absolute Gasteiger partial charge is 0.489 e. The fourth-order valence-corrected chi connectivity index (χ4v) is 3.13. The summed E-state index contributed by atoms with van der Waals surface area (Å²) in [5, 5.41) is 15.6. The number of pyridine rings is 1. The molecule has 0 aliphatic heterocycles. The van der Waals surface area contributed by atoms with E-state index >= 15 is 0 Å². The van der Waals surface area contributed by atoms with E-state index < -0.39 is 0 Å². The maximum atomic E-state index is 12.5. The highest BCUT2D eigenvalue weighted by atomic mass is 16.5. The molecule has 0 radical (unpaired) electrons. The molecule has 2 aromatic carbocycles. The maximum absolute atomic E-state index is 12.5. The molecule has 8 heteroatoms. The van der Waals surface area contributed by atoms with Crippen molar-refractivity contribution in [2.24, 2.45) is 0 Å². The molecular weight excluding hydrogens is 418 g/mol. The number of amides is 1. The minimum atomic E-state index is -0.160. The summed E-state index contributed by atoms with van der Waals surface area (Å²) in [5.41, 5.74) is 3.28.